The molecule has 1 N–H and O–H groups in total. The number of hydrogen-bond donors (Lipinski definition) is 1. The van der Waals surface area contributed by atoms with Crippen molar-refractivity contribution in [1.29, 1.82) is 0 Å². The summed E-state index contributed by atoms with van der Waals surface area (Å²) < 4.78 is 24.7. The lowest BCUT2D eigenvalue weighted by molar-refractivity contribution is -0.115. The number of carbonyl (C=O) groups excluding carboxylic acids is 1. The lowest BCUT2D eigenvalue weighted by Crippen LogP contribution is -2.15. The molecule has 0 aliphatic rings. The molecule has 0 spiro atoms. The van der Waals surface area contributed by atoms with E-state index in [1.165, 1.54) is 20.3 Å². The third kappa shape index (κ3) is 3.98. The van der Waals surface area contributed by atoms with Crippen molar-refractivity contribution in [1.82, 2.24) is 0 Å². The van der Waals surface area contributed by atoms with Crippen molar-refractivity contribution in [2.45, 2.75) is 6.42 Å². The van der Waals surface area contributed by atoms with E-state index in [0.29, 0.717) is 22.7 Å². The molecule has 2 aromatic rings. The summed E-state index contributed by atoms with van der Waals surface area (Å²) in [7, 11) is 3.05. The predicted molar refractivity (Wildman–Crippen MR) is 86.0 cm³/mol. The Hall–Kier alpha value is -2.08. The van der Waals surface area contributed by atoms with Crippen LogP contribution in [0, 0.1) is 5.82 Å². The molecule has 2 aromatic carbocycles. The summed E-state index contributed by atoms with van der Waals surface area (Å²) in [6.45, 7) is 0. The molecule has 1 amide bonds. The molecule has 0 fully saturated rings. The molecule has 0 aliphatic heterocycles. The van der Waals surface area contributed by atoms with Gasteiger partial charge in [0.15, 0.2) is 11.5 Å². The smallest absolute Gasteiger partial charge is 0.228 e. The number of amides is 1. The molecule has 4 nitrogen and oxygen atoms in total. The van der Waals surface area contributed by atoms with Crippen LogP contribution in [0.1, 0.15) is 5.56 Å². The first-order valence-corrected chi connectivity index (χ1v) is 7.28. The third-order valence-corrected chi connectivity index (χ3v) is 3.52. The van der Waals surface area contributed by atoms with Gasteiger partial charge in [0.1, 0.15) is 5.82 Å². The van der Waals surface area contributed by atoms with Gasteiger partial charge in [-0.05, 0) is 35.9 Å². The monoisotopic (exact) mass is 367 g/mol. The summed E-state index contributed by atoms with van der Waals surface area (Å²) in [4.78, 5) is 12.0. The minimum Gasteiger partial charge on any atom is -0.493 e. The highest BCUT2D eigenvalue weighted by atomic mass is 79.9. The zero-order chi connectivity index (χ0) is 16.1. The standard InChI is InChI=1S/C16H15BrFNO3/c1-21-14-6-4-12(9-15(14)22-2)19-16(20)8-10-7-11(17)3-5-13(10)18/h3-7,9H,8H2,1-2H3,(H,19,20). The van der Waals surface area contributed by atoms with Gasteiger partial charge in [-0.2, -0.15) is 0 Å². The molecule has 22 heavy (non-hydrogen) atoms. The molecule has 0 bridgehead atoms. The number of methoxy groups -OCH3 is 2. The Labute approximate surface area is 136 Å². The van der Waals surface area contributed by atoms with E-state index < -0.39 is 5.82 Å². The first kappa shape index (κ1) is 16.3. The average molecular weight is 368 g/mol. The van der Waals surface area contributed by atoms with E-state index in [0.717, 1.165) is 4.47 Å². The van der Waals surface area contributed by atoms with Crippen LogP contribution in [-0.4, -0.2) is 20.1 Å². The summed E-state index contributed by atoms with van der Waals surface area (Å²) >= 11 is 3.26. The first-order chi connectivity index (χ1) is 10.5. The van der Waals surface area contributed by atoms with Gasteiger partial charge in [-0.1, -0.05) is 15.9 Å². The minimum atomic E-state index is -0.411. The second kappa shape index (κ2) is 7.26. The molecule has 0 unspecified atom stereocenters. The van der Waals surface area contributed by atoms with Gasteiger partial charge >= 0.3 is 0 Å². The molecular formula is C16H15BrFNO3. The van der Waals surface area contributed by atoms with Crippen molar-refractivity contribution >= 4 is 27.5 Å². The quantitative estimate of drug-likeness (QED) is 0.874. The normalized spacial score (nSPS) is 10.2. The van der Waals surface area contributed by atoms with E-state index in [2.05, 4.69) is 21.2 Å². The zero-order valence-corrected chi connectivity index (χ0v) is 13.7. The van der Waals surface area contributed by atoms with Crippen LogP contribution in [0.5, 0.6) is 11.5 Å². The maximum Gasteiger partial charge on any atom is 0.228 e. The van der Waals surface area contributed by atoms with E-state index in [1.54, 1.807) is 30.3 Å². The Morgan fingerprint density at radius 3 is 2.55 bits per heavy atom. The van der Waals surface area contributed by atoms with Crippen molar-refractivity contribution in [2.75, 3.05) is 19.5 Å². The van der Waals surface area contributed by atoms with Gasteiger partial charge in [-0.15, -0.1) is 0 Å². The Balaban J connectivity index is 2.10. The van der Waals surface area contributed by atoms with Gasteiger partial charge in [0.05, 0.1) is 20.6 Å². The van der Waals surface area contributed by atoms with Gasteiger partial charge in [-0.3, -0.25) is 4.79 Å². The van der Waals surface area contributed by atoms with Gasteiger partial charge < -0.3 is 14.8 Å². The molecule has 0 saturated carbocycles. The number of carbonyl (C=O) groups is 1. The van der Waals surface area contributed by atoms with Crippen LogP contribution in [0.15, 0.2) is 40.9 Å². The van der Waals surface area contributed by atoms with E-state index >= 15 is 0 Å². The van der Waals surface area contributed by atoms with E-state index in [9.17, 15) is 9.18 Å². The lowest BCUT2D eigenvalue weighted by atomic mass is 10.1. The molecule has 0 heterocycles. The highest BCUT2D eigenvalue weighted by Gasteiger charge is 2.11. The van der Waals surface area contributed by atoms with Crippen LogP contribution < -0.4 is 14.8 Å². The van der Waals surface area contributed by atoms with Gasteiger partial charge in [0.25, 0.3) is 0 Å². The summed E-state index contributed by atoms with van der Waals surface area (Å²) in [6.07, 6.45) is -0.0559. The fourth-order valence-electron chi connectivity index (χ4n) is 1.97. The number of rotatable bonds is 5. The number of halogens is 2. The fourth-order valence-corrected chi connectivity index (χ4v) is 2.38. The average Bonchev–Trinajstić information content (AvgIpc) is 2.50. The molecule has 0 radical (unpaired) electrons. The van der Waals surface area contributed by atoms with Gasteiger partial charge in [-0.25, -0.2) is 4.39 Å². The predicted octanol–water partition coefficient (Wildman–Crippen LogP) is 3.79. The highest BCUT2D eigenvalue weighted by molar-refractivity contribution is 9.10. The second-order valence-corrected chi connectivity index (χ2v) is 5.45. The van der Waals surface area contributed by atoms with E-state index in [-0.39, 0.29) is 12.3 Å². The third-order valence-electron chi connectivity index (χ3n) is 3.03. The molecule has 0 saturated heterocycles. The van der Waals surface area contributed by atoms with Crippen molar-refractivity contribution < 1.29 is 18.7 Å². The zero-order valence-electron chi connectivity index (χ0n) is 12.2. The Kier molecular flexibility index (Phi) is 5.38. The van der Waals surface area contributed by atoms with Crippen molar-refractivity contribution in [3.05, 3.63) is 52.3 Å². The summed E-state index contributed by atoms with van der Waals surface area (Å²) in [6, 6.07) is 9.52. The van der Waals surface area contributed by atoms with Gasteiger partial charge in [0, 0.05) is 16.2 Å². The summed E-state index contributed by atoms with van der Waals surface area (Å²) in [5, 5.41) is 2.71. The molecule has 0 aliphatic carbocycles. The number of anilines is 1. The second-order valence-electron chi connectivity index (χ2n) is 4.53. The van der Waals surface area contributed by atoms with Crippen molar-refractivity contribution in [3.8, 4) is 11.5 Å². The van der Waals surface area contributed by atoms with Crippen molar-refractivity contribution in [2.24, 2.45) is 0 Å². The van der Waals surface area contributed by atoms with E-state index in [1.807, 2.05) is 0 Å². The number of hydrogen-bond acceptors (Lipinski definition) is 3. The highest BCUT2D eigenvalue weighted by Crippen LogP contribution is 2.29. The summed E-state index contributed by atoms with van der Waals surface area (Å²) in [5.41, 5.74) is 0.880. The van der Waals surface area contributed by atoms with Crippen molar-refractivity contribution in [3.63, 3.8) is 0 Å². The topological polar surface area (TPSA) is 47.6 Å². The molecule has 116 valence electrons. The SMILES string of the molecule is COc1ccc(NC(=O)Cc2cc(Br)ccc2F)cc1OC. The molecule has 2 rings (SSSR count). The maximum absolute atomic E-state index is 13.6. The van der Waals surface area contributed by atoms with E-state index in [4.69, 9.17) is 9.47 Å². The van der Waals surface area contributed by atoms with Gasteiger partial charge in [0.2, 0.25) is 5.91 Å². The molecular weight excluding hydrogens is 353 g/mol. The summed E-state index contributed by atoms with van der Waals surface area (Å²) in [5.74, 6) is 0.349. The molecule has 0 atom stereocenters. The Bertz CT molecular complexity index is 691. The molecule has 0 aromatic heterocycles. The number of benzene rings is 2. The largest absolute Gasteiger partial charge is 0.493 e. The lowest BCUT2D eigenvalue weighted by Gasteiger charge is -2.11. The Morgan fingerprint density at radius 1 is 1.14 bits per heavy atom. The van der Waals surface area contributed by atoms with Crippen LogP contribution in [0.3, 0.4) is 0 Å². The number of nitrogens with one attached hydrogen (secondary N) is 1. The first-order valence-electron chi connectivity index (χ1n) is 6.49. The maximum atomic E-state index is 13.6. The molecule has 6 heteroatoms. The minimum absolute atomic E-state index is 0.0559. The van der Waals surface area contributed by atoms with Crippen LogP contribution in [0.2, 0.25) is 0 Å². The van der Waals surface area contributed by atoms with Crippen LogP contribution >= 0.6 is 15.9 Å². The number of ether oxygens (including phenoxy) is 2. The van der Waals surface area contributed by atoms with Crippen LogP contribution in [0.25, 0.3) is 0 Å². The fraction of sp³-hybridized carbons (Fsp3) is 0.188. The Morgan fingerprint density at radius 2 is 1.86 bits per heavy atom. The van der Waals surface area contributed by atoms with Crippen LogP contribution in [-0.2, 0) is 11.2 Å². The van der Waals surface area contributed by atoms with Crippen LogP contribution in [0.4, 0.5) is 10.1 Å².